The number of rotatable bonds is 3. The molecule has 1 fully saturated rings. The van der Waals surface area contributed by atoms with E-state index in [2.05, 4.69) is 22.5 Å². The molecule has 0 radical (unpaired) electrons. The van der Waals surface area contributed by atoms with Crippen LogP contribution in [0, 0.1) is 0 Å². The van der Waals surface area contributed by atoms with Gasteiger partial charge < -0.3 is 9.47 Å². The monoisotopic (exact) mass is 263 g/mol. The van der Waals surface area contributed by atoms with Crippen molar-refractivity contribution in [1.82, 2.24) is 4.90 Å². The van der Waals surface area contributed by atoms with E-state index in [0.29, 0.717) is 19.8 Å². The average Bonchev–Trinajstić information content (AvgIpc) is 2.16. The lowest BCUT2D eigenvalue weighted by atomic mass is 10.2. The van der Waals surface area contributed by atoms with Gasteiger partial charge in [-0.1, -0.05) is 22.5 Å². The highest BCUT2D eigenvalue weighted by molar-refractivity contribution is 9.11. The molecule has 1 aliphatic rings. The molecule has 14 heavy (non-hydrogen) atoms. The molecule has 1 saturated heterocycles. The number of hydrogen-bond donors (Lipinski definition) is 0. The van der Waals surface area contributed by atoms with E-state index >= 15 is 0 Å². The third kappa shape index (κ3) is 3.08. The molecule has 1 aliphatic heterocycles. The minimum Gasteiger partial charge on any atom is -0.468 e. The first-order valence-electron chi connectivity index (χ1n) is 4.38. The number of carbonyl (C=O) groups excluding carboxylic acids is 1. The topological polar surface area (TPSA) is 38.8 Å². The van der Waals surface area contributed by atoms with Crippen LogP contribution < -0.4 is 0 Å². The van der Waals surface area contributed by atoms with E-state index in [4.69, 9.17) is 9.47 Å². The predicted molar refractivity (Wildman–Crippen MR) is 56.3 cm³/mol. The first kappa shape index (κ1) is 11.7. The van der Waals surface area contributed by atoms with Gasteiger partial charge in [-0.2, -0.15) is 0 Å². The van der Waals surface area contributed by atoms with Crippen molar-refractivity contribution in [2.75, 3.05) is 33.4 Å². The van der Waals surface area contributed by atoms with Crippen LogP contribution in [0.4, 0.5) is 0 Å². The molecule has 80 valence electrons. The zero-order valence-corrected chi connectivity index (χ0v) is 9.75. The van der Waals surface area contributed by atoms with Gasteiger partial charge in [0.15, 0.2) is 0 Å². The van der Waals surface area contributed by atoms with Crippen molar-refractivity contribution in [2.45, 2.75) is 6.04 Å². The maximum atomic E-state index is 11.4. The molecule has 5 heteroatoms. The molecule has 0 aliphatic carbocycles. The molecule has 0 aromatic heterocycles. The van der Waals surface area contributed by atoms with Gasteiger partial charge in [0, 0.05) is 17.6 Å². The van der Waals surface area contributed by atoms with Gasteiger partial charge in [0.25, 0.3) is 0 Å². The fraction of sp³-hybridized carbons (Fsp3) is 0.667. The maximum Gasteiger partial charge on any atom is 0.325 e. The van der Waals surface area contributed by atoms with Crippen LogP contribution in [-0.2, 0) is 14.3 Å². The minimum absolute atomic E-state index is 0.251. The lowest BCUT2D eigenvalue weighted by Crippen LogP contribution is -2.50. The van der Waals surface area contributed by atoms with Crippen LogP contribution >= 0.6 is 15.9 Å². The lowest BCUT2D eigenvalue weighted by Gasteiger charge is -2.33. The minimum atomic E-state index is -0.303. The van der Waals surface area contributed by atoms with Gasteiger partial charge in [-0.25, -0.2) is 0 Å². The first-order valence-corrected chi connectivity index (χ1v) is 5.17. The Hall–Kier alpha value is -0.390. The van der Waals surface area contributed by atoms with Crippen LogP contribution in [-0.4, -0.2) is 50.3 Å². The first-order chi connectivity index (χ1) is 6.65. The standard InChI is InChI=1S/C9H14BrNO3/c1-7(10)5-11-3-4-14-6-8(11)9(12)13-2/h8H,1,3-6H2,2H3. The van der Waals surface area contributed by atoms with E-state index in [1.807, 2.05) is 4.90 Å². The highest BCUT2D eigenvalue weighted by atomic mass is 79.9. The van der Waals surface area contributed by atoms with Crippen LogP contribution in [0.3, 0.4) is 0 Å². The van der Waals surface area contributed by atoms with Crippen molar-refractivity contribution in [3.05, 3.63) is 11.1 Å². The lowest BCUT2D eigenvalue weighted by molar-refractivity contribution is -0.152. The van der Waals surface area contributed by atoms with E-state index < -0.39 is 0 Å². The number of esters is 1. The van der Waals surface area contributed by atoms with Crippen LogP contribution in [0.5, 0.6) is 0 Å². The molecule has 4 nitrogen and oxygen atoms in total. The van der Waals surface area contributed by atoms with Gasteiger partial charge in [0.05, 0.1) is 20.3 Å². The van der Waals surface area contributed by atoms with Gasteiger partial charge in [-0.3, -0.25) is 9.69 Å². The third-order valence-electron chi connectivity index (χ3n) is 2.09. The van der Waals surface area contributed by atoms with E-state index in [9.17, 15) is 4.79 Å². The zero-order valence-electron chi connectivity index (χ0n) is 8.16. The summed E-state index contributed by atoms with van der Waals surface area (Å²) in [5.41, 5.74) is 0. The molecular weight excluding hydrogens is 250 g/mol. The molecular formula is C9H14BrNO3. The van der Waals surface area contributed by atoms with Crippen LogP contribution in [0.15, 0.2) is 11.1 Å². The molecule has 1 atom stereocenters. The molecule has 0 amide bonds. The number of ether oxygens (including phenoxy) is 2. The Morgan fingerprint density at radius 1 is 1.79 bits per heavy atom. The largest absolute Gasteiger partial charge is 0.468 e. The number of methoxy groups -OCH3 is 1. The molecule has 1 heterocycles. The van der Waals surface area contributed by atoms with Crippen molar-refractivity contribution in [3.63, 3.8) is 0 Å². The Kier molecular flexibility index (Phi) is 4.57. The summed E-state index contributed by atoms with van der Waals surface area (Å²) >= 11 is 3.28. The SMILES string of the molecule is C=C(Br)CN1CCOCC1C(=O)OC. The molecule has 0 spiro atoms. The Labute approximate surface area is 92.0 Å². The predicted octanol–water partition coefficient (Wildman–Crippen LogP) is 0.769. The van der Waals surface area contributed by atoms with Crippen molar-refractivity contribution in [1.29, 1.82) is 0 Å². The fourth-order valence-electron chi connectivity index (χ4n) is 1.40. The summed E-state index contributed by atoms with van der Waals surface area (Å²) in [5, 5.41) is 0. The van der Waals surface area contributed by atoms with Crippen LogP contribution in [0.2, 0.25) is 0 Å². The van der Waals surface area contributed by atoms with Crippen LogP contribution in [0.1, 0.15) is 0 Å². The fourth-order valence-corrected chi connectivity index (χ4v) is 1.72. The Morgan fingerprint density at radius 3 is 3.07 bits per heavy atom. The molecule has 0 bridgehead atoms. The maximum absolute atomic E-state index is 11.4. The summed E-state index contributed by atoms with van der Waals surface area (Å²) in [5.74, 6) is -0.251. The Balaban J connectivity index is 2.58. The summed E-state index contributed by atoms with van der Waals surface area (Å²) in [6.45, 7) is 6.16. The van der Waals surface area contributed by atoms with Crippen molar-refractivity contribution < 1.29 is 14.3 Å². The molecule has 0 aromatic carbocycles. The average molecular weight is 264 g/mol. The second-order valence-corrected chi connectivity index (χ2v) is 4.22. The number of hydrogen-bond acceptors (Lipinski definition) is 4. The van der Waals surface area contributed by atoms with E-state index in [0.717, 1.165) is 11.0 Å². The van der Waals surface area contributed by atoms with Gasteiger partial charge >= 0.3 is 5.97 Å². The van der Waals surface area contributed by atoms with E-state index in [-0.39, 0.29) is 12.0 Å². The normalized spacial score (nSPS) is 23.1. The number of morpholine rings is 1. The second-order valence-electron chi connectivity index (χ2n) is 3.10. The highest BCUT2D eigenvalue weighted by Crippen LogP contribution is 2.12. The van der Waals surface area contributed by atoms with E-state index in [1.165, 1.54) is 7.11 Å². The molecule has 0 saturated carbocycles. The quantitative estimate of drug-likeness (QED) is 0.706. The van der Waals surface area contributed by atoms with E-state index in [1.54, 1.807) is 0 Å². The number of nitrogens with zero attached hydrogens (tertiary/aromatic N) is 1. The molecule has 1 rings (SSSR count). The van der Waals surface area contributed by atoms with Crippen molar-refractivity contribution in [2.24, 2.45) is 0 Å². The van der Waals surface area contributed by atoms with Crippen molar-refractivity contribution >= 4 is 21.9 Å². The summed E-state index contributed by atoms with van der Waals surface area (Å²) in [4.78, 5) is 13.4. The van der Waals surface area contributed by atoms with Crippen LogP contribution in [0.25, 0.3) is 0 Å². The number of halogens is 1. The van der Waals surface area contributed by atoms with Gasteiger partial charge in [0.2, 0.25) is 0 Å². The van der Waals surface area contributed by atoms with Gasteiger partial charge in [-0.15, -0.1) is 0 Å². The number of carbonyl (C=O) groups is 1. The third-order valence-corrected chi connectivity index (χ3v) is 2.34. The summed E-state index contributed by atoms with van der Waals surface area (Å²) in [7, 11) is 1.39. The smallest absolute Gasteiger partial charge is 0.325 e. The highest BCUT2D eigenvalue weighted by Gasteiger charge is 2.29. The molecule has 0 aromatic rings. The summed E-state index contributed by atoms with van der Waals surface area (Å²) in [6, 6.07) is -0.303. The molecule has 1 unspecified atom stereocenters. The Bertz CT molecular complexity index is 232. The molecule has 0 N–H and O–H groups in total. The zero-order chi connectivity index (χ0) is 10.6. The Morgan fingerprint density at radius 2 is 2.50 bits per heavy atom. The summed E-state index contributed by atoms with van der Waals surface area (Å²) in [6.07, 6.45) is 0. The van der Waals surface area contributed by atoms with Gasteiger partial charge in [0.1, 0.15) is 6.04 Å². The van der Waals surface area contributed by atoms with Crippen molar-refractivity contribution in [3.8, 4) is 0 Å². The van der Waals surface area contributed by atoms with Gasteiger partial charge in [-0.05, 0) is 0 Å². The summed E-state index contributed by atoms with van der Waals surface area (Å²) < 4.78 is 10.8. The second kappa shape index (κ2) is 5.48.